The van der Waals surface area contributed by atoms with Gasteiger partial charge in [-0.1, -0.05) is 33.1 Å². The lowest BCUT2D eigenvalue weighted by Crippen LogP contribution is -2.27. The molecule has 0 radical (unpaired) electrons. The quantitative estimate of drug-likeness (QED) is 0.605. The van der Waals surface area contributed by atoms with Crippen molar-refractivity contribution in [3.63, 3.8) is 0 Å². The van der Waals surface area contributed by atoms with Crippen LogP contribution in [0.1, 0.15) is 46.0 Å². The van der Waals surface area contributed by atoms with Gasteiger partial charge in [0.25, 0.3) is 0 Å². The molecule has 0 aromatic rings. The standard InChI is InChI=1S/C10H20S/c1-10(2,8-11)9-6-4-3-5-7-9/h9,11H,3-8H2,1-2H3. The minimum Gasteiger partial charge on any atom is -0.179 e. The zero-order valence-electron chi connectivity index (χ0n) is 7.77. The maximum Gasteiger partial charge on any atom is -0.00438 e. The summed E-state index contributed by atoms with van der Waals surface area (Å²) in [7, 11) is 0. The fourth-order valence-electron chi connectivity index (χ4n) is 2.01. The topological polar surface area (TPSA) is 0 Å². The van der Waals surface area contributed by atoms with E-state index in [-0.39, 0.29) is 0 Å². The lowest BCUT2D eigenvalue weighted by Gasteiger charge is -2.35. The Morgan fingerprint density at radius 2 is 1.73 bits per heavy atom. The van der Waals surface area contributed by atoms with Crippen molar-refractivity contribution in [2.24, 2.45) is 11.3 Å². The van der Waals surface area contributed by atoms with E-state index < -0.39 is 0 Å². The average Bonchev–Trinajstić information content (AvgIpc) is 2.06. The van der Waals surface area contributed by atoms with Crippen molar-refractivity contribution in [1.29, 1.82) is 0 Å². The molecule has 0 N–H and O–H groups in total. The van der Waals surface area contributed by atoms with Gasteiger partial charge in [-0.15, -0.1) is 0 Å². The normalized spacial score (nSPS) is 22.1. The highest BCUT2D eigenvalue weighted by Gasteiger charge is 2.28. The van der Waals surface area contributed by atoms with Crippen LogP contribution in [-0.4, -0.2) is 5.75 Å². The van der Waals surface area contributed by atoms with E-state index in [1.807, 2.05) is 0 Å². The van der Waals surface area contributed by atoms with Gasteiger partial charge in [-0.3, -0.25) is 0 Å². The Bertz CT molecular complexity index is 112. The summed E-state index contributed by atoms with van der Waals surface area (Å²) in [6, 6.07) is 0. The van der Waals surface area contributed by atoms with Crippen LogP contribution in [0.4, 0.5) is 0 Å². The van der Waals surface area contributed by atoms with E-state index in [1.54, 1.807) is 0 Å². The molecule has 1 heteroatoms. The average molecular weight is 172 g/mol. The molecule has 0 unspecified atom stereocenters. The lowest BCUT2D eigenvalue weighted by molar-refractivity contribution is 0.185. The van der Waals surface area contributed by atoms with Gasteiger partial charge in [-0.25, -0.2) is 0 Å². The van der Waals surface area contributed by atoms with E-state index in [2.05, 4.69) is 26.5 Å². The van der Waals surface area contributed by atoms with Gasteiger partial charge in [0, 0.05) is 0 Å². The second-order valence-corrected chi connectivity index (χ2v) is 4.80. The van der Waals surface area contributed by atoms with E-state index in [4.69, 9.17) is 0 Å². The SMILES string of the molecule is CC(C)(CS)C1CCCCC1. The van der Waals surface area contributed by atoms with Gasteiger partial charge in [0.2, 0.25) is 0 Å². The molecule has 0 aromatic heterocycles. The summed E-state index contributed by atoms with van der Waals surface area (Å²) in [4.78, 5) is 0. The van der Waals surface area contributed by atoms with Crippen molar-refractivity contribution in [2.45, 2.75) is 46.0 Å². The summed E-state index contributed by atoms with van der Waals surface area (Å²) < 4.78 is 0. The van der Waals surface area contributed by atoms with Gasteiger partial charge in [0.05, 0.1) is 0 Å². The van der Waals surface area contributed by atoms with E-state index >= 15 is 0 Å². The Hall–Kier alpha value is 0.350. The molecule has 0 aliphatic heterocycles. The molecule has 1 rings (SSSR count). The van der Waals surface area contributed by atoms with E-state index in [0.717, 1.165) is 11.7 Å². The van der Waals surface area contributed by atoms with Crippen molar-refractivity contribution in [2.75, 3.05) is 5.75 Å². The predicted molar refractivity (Wildman–Crippen MR) is 54.2 cm³/mol. The third-order valence-corrected chi connectivity index (χ3v) is 3.93. The Morgan fingerprint density at radius 3 is 2.18 bits per heavy atom. The molecule has 0 nitrogen and oxygen atoms in total. The Morgan fingerprint density at radius 1 is 1.18 bits per heavy atom. The molecular weight excluding hydrogens is 152 g/mol. The van der Waals surface area contributed by atoms with E-state index in [9.17, 15) is 0 Å². The maximum absolute atomic E-state index is 4.41. The van der Waals surface area contributed by atoms with Gasteiger partial charge in [0.15, 0.2) is 0 Å². The summed E-state index contributed by atoms with van der Waals surface area (Å²) in [6.07, 6.45) is 7.23. The van der Waals surface area contributed by atoms with Crippen LogP contribution in [0, 0.1) is 11.3 Å². The Labute approximate surface area is 76.2 Å². The van der Waals surface area contributed by atoms with Crippen molar-refractivity contribution in [1.82, 2.24) is 0 Å². The van der Waals surface area contributed by atoms with Crippen molar-refractivity contribution >= 4 is 12.6 Å². The summed E-state index contributed by atoms with van der Waals surface area (Å²) in [6.45, 7) is 4.71. The first kappa shape index (κ1) is 9.44. The fourth-order valence-corrected chi connectivity index (χ4v) is 2.27. The van der Waals surface area contributed by atoms with Crippen LogP contribution in [0.2, 0.25) is 0 Å². The minimum atomic E-state index is 0.476. The molecule has 0 amide bonds. The smallest absolute Gasteiger partial charge is 0.00438 e. The van der Waals surface area contributed by atoms with E-state index in [1.165, 1.54) is 32.1 Å². The first-order chi connectivity index (χ1) is 5.17. The van der Waals surface area contributed by atoms with Crippen molar-refractivity contribution in [3.8, 4) is 0 Å². The van der Waals surface area contributed by atoms with Gasteiger partial charge >= 0.3 is 0 Å². The fraction of sp³-hybridized carbons (Fsp3) is 1.00. The van der Waals surface area contributed by atoms with Crippen molar-refractivity contribution < 1.29 is 0 Å². The van der Waals surface area contributed by atoms with Crippen LogP contribution >= 0.6 is 12.6 Å². The van der Waals surface area contributed by atoms with Crippen molar-refractivity contribution in [3.05, 3.63) is 0 Å². The molecule has 0 aromatic carbocycles. The van der Waals surface area contributed by atoms with Gasteiger partial charge in [-0.05, 0) is 29.9 Å². The van der Waals surface area contributed by atoms with Crippen LogP contribution < -0.4 is 0 Å². The molecule has 1 saturated carbocycles. The highest BCUT2D eigenvalue weighted by molar-refractivity contribution is 7.80. The number of hydrogen-bond acceptors (Lipinski definition) is 1. The monoisotopic (exact) mass is 172 g/mol. The molecule has 11 heavy (non-hydrogen) atoms. The van der Waals surface area contributed by atoms with Crippen LogP contribution in [0.15, 0.2) is 0 Å². The molecule has 0 saturated heterocycles. The second-order valence-electron chi connectivity index (χ2n) is 4.48. The molecule has 66 valence electrons. The van der Waals surface area contributed by atoms with Gasteiger partial charge < -0.3 is 0 Å². The zero-order valence-corrected chi connectivity index (χ0v) is 8.66. The first-order valence-corrected chi connectivity index (χ1v) is 5.41. The molecular formula is C10H20S. The van der Waals surface area contributed by atoms with Crippen LogP contribution in [0.3, 0.4) is 0 Å². The zero-order chi connectivity index (χ0) is 8.32. The third kappa shape index (κ3) is 2.40. The largest absolute Gasteiger partial charge is 0.179 e. The lowest BCUT2D eigenvalue weighted by atomic mass is 9.72. The summed E-state index contributed by atoms with van der Waals surface area (Å²) >= 11 is 4.41. The Kier molecular flexibility index (Phi) is 3.29. The molecule has 0 atom stereocenters. The summed E-state index contributed by atoms with van der Waals surface area (Å²) in [5, 5.41) is 0. The third-order valence-electron chi connectivity index (χ3n) is 3.12. The van der Waals surface area contributed by atoms with Crippen LogP contribution in [0.25, 0.3) is 0 Å². The van der Waals surface area contributed by atoms with Crippen LogP contribution in [-0.2, 0) is 0 Å². The minimum absolute atomic E-state index is 0.476. The van der Waals surface area contributed by atoms with Gasteiger partial charge in [0.1, 0.15) is 0 Å². The van der Waals surface area contributed by atoms with E-state index in [0.29, 0.717) is 5.41 Å². The molecule has 1 aliphatic carbocycles. The molecule has 0 bridgehead atoms. The first-order valence-electron chi connectivity index (χ1n) is 4.77. The second kappa shape index (κ2) is 3.84. The highest BCUT2D eigenvalue weighted by atomic mass is 32.1. The predicted octanol–water partition coefficient (Wildman–Crippen LogP) is 3.52. The molecule has 1 fully saturated rings. The van der Waals surface area contributed by atoms with Crippen LogP contribution in [0.5, 0.6) is 0 Å². The molecule has 0 heterocycles. The summed E-state index contributed by atoms with van der Waals surface area (Å²) in [5.74, 6) is 1.98. The van der Waals surface area contributed by atoms with Gasteiger partial charge in [-0.2, -0.15) is 12.6 Å². The molecule has 1 aliphatic rings. The Balaban J connectivity index is 2.43. The number of rotatable bonds is 2. The highest BCUT2D eigenvalue weighted by Crippen LogP contribution is 2.38. The molecule has 0 spiro atoms. The maximum atomic E-state index is 4.41. The number of thiol groups is 1. The summed E-state index contributed by atoms with van der Waals surface area (Å²) in [5.41, 5.74) is 0.476. The number of hydrogen-bond donors (Lipinski definition) is 1.